The molecule has 1 fully saturated rings. The number of nitrogens with zero attached hydrogens (tertiary/aromatic N) is 1. The molecule has 2 unspecified atom stereocenters. The molecule has 2 amide bonds. The number of hydrogen-bond donors (Lipinski definition) is 1. The third-order valence-electron chi connectivity index (χ3n) is 3.94. The summed E-state index contributed by atoms with van der Waals surface area (Å²) < 4.78 is 0. The van der Waals surface area contributed by atoms with Gasteiger partial charge in [-0.2, -0.15) is 0 Å². The minimum absolute atomic E-state index is 0.0232. The molecule has 4 nitrogen and oxygen atoms in total. The Morgan fingerprint density at radius 3 is 2.89 bits per heavy atom. The summed E-state index contributed by atoms with van der Waals surface area (Å²) in [6, 6.07) is 6.92. The number of carbonyl (C=O) groups is 2. The maximum atomic E-state index is 12.5. The highest BCUT2D eigenvalue weighted by atomic mass is 16.2. The zero-order chi connectivity index (χ0) is 12.7. The Morgan fingerprint density at radius 1 is 1.33 bits per heavy atom. The topological polar surface area (TPSA) is 49.4 Å². The molecule has 4 heteroatoms. The maximum Gasteiger partial charge on any atom is 0.256 e. The Labute approximate surface area is 106 Å². The first kappa shape index (κ1) is 11.3. The molecular formula is C14H16N2O2. The van der Waals surface area contributed by atoms with Gasteiger partial charge in [-0.3, -0.25) is 9.59 Å². The van der Waals surface area contributed by atoms with E-state index in [-0.39, 0.29) is 17.9 Å². The average Bonchev–Trinajstić information content (AvgIpc) is 2.79. The van der Waals surface area contributed by atoms with Gasteiger partial charge < -0.3 is 10.2 Å². The highest BCUT2D eigenvalue weighted by molar-refractivity contribution is 6.10. The second-order valence-corrected chi connectivity index (χ2v) is 5.02. The van der Waals surface area contributed by atoms with Gasteiger partial charge in [0.2, 0.25) is 5.91 Å². The number of rotatable bonds is 1. The van der Waals surface area contributed by atoms with Crippen molar-refractivity contribution in [2.24, 2.45) is 5.92 Å². The van der Waals surface area contributed by atoms with E-state index in [1.807, 2.05) is 12.1 Å². The summed E-state index contributed by atoms with van der Waals surface area (Å²) in [6.45, 7) is 2.80. The lowest BCUT2D eigenvalue weighted by Gasteiger charge is -2.20. The summed E-state index contributed by atoms with van der Waals surface area (Å²) in [5, 5.41) is 2.87. The number of carbonyl (C=O) groups excluding carboxylic acids is 2. The molecular weight excluding hydrogens is 228 g/mol. The molecule has 2 atom stereocenters. The minimum atomic E-state index is -0.296. The first-order valence-corrected chi connectivity index (χ1v) is 6.41. The van der Waals surface area contributed by atoms with Crippen LogP contribution in [-0.2, 0) is 4.79 Å². The molecule has 0 aromatic heterocycles. The normalized spacial score (nSPS) is 26.4. The van der Waals surface area contributed by atoms with E-state index in [0.717, 1.165) is 12.8 Å². The van der Waals surface area contributed by atoms with Crippen molar-refractivity contribution >= 4 is 17.5 Å². The third-order valence-corrected chi connectivity index (χ3v) is 3.94. The lowest BCUT2D eigenvalue weighted by atomic mass is 10.0. The standard InChI is InChI=1S/C14H16N2O2/c1-2-9-7-12-13(17)15-11-6-4-3-5-10(11)14(18)16(12)8-9/h3-6,9,12H,2,7-8H2,1H3,(H,15,17). The van der Waals surface area contributed by atoms with E-state index in [1.165, 1.54) is 0 Å². The lowest BCUT2D eigenvalue weighted by molar-refractivity contribution is -0.119. The summed E-state index contributed by atoms with van der Waals surface area (Å²) in [5.41, 5.74) is 1.24. The van der Waals surface area contributed by atoms with Crippen molar-refractivity contribution in [1.82, 2.24) is 4.90 Å². The second kappa shape index (κ2) is 4.12. The number of anilines is 1. The number of nitrogens with one attached hydrogen (secondary N) is 1. The van der Waals surface area contributed by atoms with Crippen LogP contribution in [0.2, 0.25) is 0 Å². The Hall–Kier alpha value is -1.84. The quantitative estimate of drug-likeness (QED) is 0.820. The van der Waals surface area contributed by atoms with Crippen molar-refractivity contribution in [2.75, 3.05) is 11.9 Å². The summed E-state index contributed by atoms with van der Waals surface area (Å²) in [7, 11) is 0. The van der Waals surface area contributed by atoms with Crippen molar-refractivity contribution < 1.29 is 9.59 Å². The fourth-order valence-corrected chi connectivity index (χ4v) is 2.84. The fourth-order valence-electron chi connectivity index (χ4n) is 2.84. The molecule has 1 saturated heterocycles. The first-order chi connectivity index (χ1) is 8.70. The molecule has 1 N–H and O–H groups in total. The highest BCUT2D eigenvalue weighted by Gasteiger charge is 2.41. The molecule has 0 spiro atoms. The average molecular weight is 244 g/mol. The van der Waals surface area contributed by atoms with Gasteiger partial charge in [-0.15, -0.1) is 0 Å². The van der Waals surface area contributed by atoms with Crippen LogP contribution in [0.5, 0.6) is 0 Å². The predicted molar refractivity (Wildman–Crippen MR) is 68.3 cm³/mol. The van der Waals surface area contributed by atoms with E-state index in [9.17, 15) is 9.59 Å². The molecule has 2 heterocycles. The van der Waals surface area contributed by atoms with Crippen LogP contribution >= 0.6 is 0 Å². The molecule has 2 aliphatic rings. The van der Waals surface area contributed by atoms with Gasteiger partial charge in [0.15, 0.2) is 0 Å². The minimum Gasteiger partial charge on any atom is -0.326 e. The largest absolute Gasteiger partial charge is 0.326 e. The Bertz CT molecular complexity index is 512. The summed E-state index contributed by atoms with van der Waals surface area (Å²) >= 11 is 0. The molecule has 18 heavy (non-hydrogen) atoms. The van der Waals surface area contributed by atoms with Crippen molar-refractivity contribution in [2.45, 2.75) is 25.8 Å². The molecule has 0 saturated carbocycles. The van der Waals surface area contributed by atoms with E-state index < -0.39 is 0 Å². The van der Waals surface area contributed by atoms with Crippen LogP contribution in [0, 0.1) is 5.92 Å². The van der Waals surface area contributed by atoms with Crippen molar-refractivity contribution in [3.05, 3.63) is 29.8 Å². The van der Waals surface area contributed by atoms with Crippen LogP contribution in [0.4, 0.5) is 5.69 Å². The van der Waals surface area contributed by atoms with Crippen LogP contribution in [0.1, 0.15) is 30.1 Å². The maximum absolute atomic E-state index is 12.5. The smallest absolute Gasteiger partial charge is 0.256 e. The van der Waals surface area contributed by atoms with Gasteiger partial charge in [-0.1, -0.05) is 25.5 Å². The van der Waals surface area contributed by atoms with E-state index >= 15 is 0 Å². The highest BCUT2D eigenvalue weighted by Crippen LogP contribution is 2.32. The predicted octanol–water partition coefficient (Wildman–Crippen LogP) is 1.88. The van der Waals surface area contributed by atoms with Crippen LogP contribution < -0.4 is 5.32 Å². The summed E-state index contributed by atoms with van der Waals surface area (Å²) in [5.74, 6) is 0.365. The van der Waals surface area contributed by atoms with Gasteiger partial charge in [0.1, 0.15) is 6.04 Å². The second-order valence-electron chi connectivity index (χ2n) is 5.02. The van der Waals surface area contributed by atoms with Gasteiger partial charge in [0.25, 0.3) is 5.91 Å². The number of amides is 2. The molecule has 2 aliphatic heterocycles. The summed E-state index contributed by atoms with van der Waals surface area (Å²) in [6.07, 6.45) is 1.79. The van der Waals surface area contributed by atoms with Crippen molar-refractivity contribution in [3.8, 4) is 0 Å². The number of hydrogen-bond acceptors (Lipinski definition) is 2. The van der Waals surface area contributed by atoms with Crippen LogP contribution in [0.3, 0.4) is 0 Å². The molecule has 0 radical (unpaired) electrons. The van der Waals surface area contributed by atoms with Crippen molar-refractivity contribution in [3.63, 3.8) is 0 Å². The SMILES string of the molecule is CCC1CC2C(=O)Nc3ccccc3C(=O)N2C1. The summed E-state index contributed by atoms with van der Waals surface area (Å²) in [4.78, 5) is 26.4. The monoisotopic (exact) mass is 244 g/mol. The third kappa shape index (κ3) is 1.60. The van der Waals surface area contributed by atoms with E-state index in [4.69, 9.17) is 0 Å². The number of benzene rings is 1. The number of fused-ring (bicyclic) bond motifs is 2. The Balaban J connectivity index is 2.02. The lowest BCUT2D eigenvalue weighted by Crippen LogP contribution is -2.40. The van der Waals surface area contributed by atoms with Crippen molar-refractivity contribution in [1.29, 1.82) is 0 Å². The van der Waals surface area contributed by atoms with E-state index in [2.05, 4.69) is 12.2 Å². The fraction of sp³-hybridized carbons (Fsp3) is 0.429. The Kier molecular flexibility index (Phi) is 2.58. The first-order valence-electron chi connectivity index (χ1n) is 6.41. The van der Waals surface area contributed by atoms with Crippen LogP contribution in [0.25, 0.3) is 0 Å². The van der Waals surface area contributed by atoms with Gasteiger partial charge in [0.05, 0.1) is 11.3 Å². The van der Waals surface area contributed by atoms with Gasteiger partial charge in [-0.05, 0) is 24.5 Å². The molecule has 1 aromatic carbocycles. The van der Waals surface area contributed by atoms with Crippen LogP contribution in [0.15, 0.2) is 24.3 Å². The van der Waals surface area contributed by atoms with E-state index in [1.54, 1.807) is 17.0 Å². The molecule has 0 bridgehead atoms. The Morgan fingerprint density at radius 2 is 2.11 bits per heavy atom. The zero-order valence-electron chi connectivity index (χ0n) is 10.3. The number of para-hydroxylation sites is 1. The molecule has 3 rings (SSSR count). The van der Waals surface area contributed by atoms with Gasteiger partial charge in [-0.25, -0.2) is 0 Å². The van der Waals surface area contributed by atoms with Gasteiger partial charge in [0, 0.05) is 6.54 Å². The molecule has 0 aliphatic carbocycles. The zero-order valence-corrected chi connectivity index (χ0v) is 10.3. The van der Waals surface area contributed by atoms with E-state index in [0.29, 0.717) is 23.7 Å². The van der Waals surface area contributed by atoms with Crippen LogP contribution in [-0.4, -0.2) is 29.3 Å². The molecule has 1 aromatic rings. The van der Waals surface area contributed by atoms with Gasteiger partial charge >= 0.3 is 0 Å². The molecule has 94 valence electrons.